The largest absolute Gasteiger partial charge is 0.332 e. The zero-order chi connectivity index (χ0) is 17.8. The van der Waals surface area contributed by atoms with Crippen molar-refractivity contribution in [1.82, 2.24) is 10.2 Å². The van der Waals surface area contributed by atoms with E-state index in [1.165, 1.54) is 19.2 Å². The first-order chi connectivity index (χ1) is 11.0. The molecule has 0 saturated carbocycles. The van der Waals surface area contributed by atoms with Crippen LogP contribution < -0.4 is 5.32 Å². The Hall–Kier alpha value is -2.41. The molecule has 1 amide bonds. The van der Waals surface area contributed by atoms with Crippen LogP contribution in [-0.2, 0) is 9.59 Å². The summed E-state index contributed by atoms with van der Waals surface area (Å²) in [7, 11) is 5.12. The highest BCUT2D eigenvalue weighted by Crippen LogP contribution is 2.15. The van der Waals surface area contributed by atoms with Gasteiger partial charge in [0.15, 0.2) is 6.29 Å². The molecule has 0 aliphatic carbocycles. The first-order valence-electron chi connectivity index (χ1n) is 6.96. The minimum Gasteiger partial charge on any atom is -0.332 e. The fourth-order valence-electron chi connectivity index (χ4n) is 1.78. The van der Waals surface area contributed by atoms with Gasteiger partial charge in [0, 0.05) is 13.5 Å². The zero-order valence-corrected chi connectivity index (χ0v) is 13.4. The van der Waals surface area contributed by atoms with E-state index in [1.54, 1.807) is 0 Å². The molecule has 7 heteroatoms. The molecule has 1 atom stereocenters. The summed E-state index contributed by atoms with van der Waals surface area (Å²) >= 11 is 0. The summed E-state index contributed by atoms with van der Waals surface area (Å²) in [4.78, 5) is 45.4. The molecule has 1 aromatic carbocycles. The Labute approximate surface area is 134 Å². The third kappa shape index (κ3) is 6.07. The number of carbonyl (C=O) groups excluding carboxylic acids is 4. The van der Waals surface area contributed by atoms with Gasteiger partial charge in [-0.05, 0) is 32.6 Å². The van der Waals surface area contributed by atoms with Gasteiger partial charge in [-0.3, -0.25) is 9.59 Å². The topological polar surface area (TPSA) is 83.6 Å². The second-order valence-electron chi connectivity index (χ2n) is 4.68. The van der Waals surface area contributed by atoms with Gasteiger partial charge in [-0.1, -0.05) is 6.07 Å². The first kappa shape index (κ1) is 20.6. The molecule has 6 nitrogen and oxygen atoms in total. The second kappa shape index (κ2) is 11.2. The summed E-state index contributed by atoms with van der Waals surface area (Å²) in [6.45, 7) is 0. The molecule has 0 radical (unpaired) electrons. The molecule has 0 fully saturated rings. The van der Waals surface area contributed by atoms with Crippen molar-refractivity contribution in [3.05, 3.63) is 35.1 Å². The molecule has 0 saturated heterocycles. The zero-order valence-electron chi connectivity index (χ0n) is 13.4. The maximum absolute atomic E-state index is 13.4. The molecule has 1 N–H and O–H groups in total. The van der Waals surface area contributed by atoms with E-state index in [1.807, 2.05) is 14.1 Å². The summed E-state index contributed by atoms with van der Waals surface area (Å²) < 4.78 is 13.4. The van der Waals surface area contributed by atoms with Gasteiger partial charge in [-0.2, -0.15) is 0 Å². The molecule has 1 unspecified atom stereocenters. The molecule has 1 rings (SSSR count). The number of hydrogen-bond donors (Lipinski definition) is 1. The average molecular weight is 324 g/mol. The third-order valence-corrected chi connectivity index (χ3v) is 2.96. The van der Waals surface area contributed by atoms with E-state index in [-0.39, 0.29) is 30.3 Å². The normalized spacial score (nSPS) is 10.8. The smallest absolute Gasteiger partial charge is 0.255 e. The molecular formula is C16H21FN2O4. The van der Waals surface area contributed by atoms with Crippen molar-refractivity contribution in [2.24, 2.45) is 0 Å². The lowest BCUT2D eigenvalue weighted by Gasteiger charge is -2.23. The van der Waals surface area contributed by atoms with Crippen molar-refractivity contribution >= 4 is 24.8 Å². The molecule has 23 heavy (non-hydrogen) atoms. The first-order valence-corrected chi connectivity index (χ1v) is 6.96. The van der Waals surface area contributed by atoms with Crippen LogP contribution >= 0.6 is 0 Å². The van der Waals surface area contributed by atoms with Crippen LogP contribution in [0, 0.1) is 5.82 Å². The average Bonchev–Trinajstić information content (AvgIpc) is 2.55. The van der Waals surface area contributed by atoms with Gasteiger partial charge < -0.3 is 19.8 Å². The lowest BCUT2D eigenvalue weighted by Crippen LogP contribution is -2.38. The SMILES string of the molecule is CN(C(=O)c1cccc(F)c1C=O)C(C=O)CCC=O.CNC. The molecule has 1 aromatic rings. The highest BCUT2D eigenvalue weighted by molar-refractivity contribution is 6.02. The maximum Gasteiger partial charge on any atom is 0.255 e. The fourth-order valence-corrected chi connectivity index (χ4v) is 1.78. The van der Waals surface area contributed by atoms with Crippen molar-refractivity contribution in [3.63, 3.8) is 0 Å². The number of carbonyl (C=O) groups is 4. The summed E-state index contributed by atoms with van der Waals surface area (Å²) in [5, 5.41) is 2.75. The Balaban J connectivity index is 0.00000149. The van der Waals surface area contributed by atoms with Crippen LogP contribution in [-0.4, -0.2) is 56.9 Å². The fraction of sp³-hybridized carbons (Fsp3) is 0.375. The molecule has 0 heterocycles. The Morgan fingerprint density at radius 1 is 1.30 bits per heavy atom. The summed E-state index contributed by atoms with van der Waals surface area (Å²) in [6, 6.07) is 2.90. The number of nitrogens with zero attached hydrogens (tertiary/aromatic N) is 1. The van der Waals surface area contributed by atoms with E-state index >= 15 is 0 Å². The minimum absolute atomic E-state index is 0.111. The van der Waals surface area contributed by atoms with Gasteiger partial charge in [0.25, 0.3) is 5.91 Å². The van der Waals surface area contributed by atoms with E-state index in [2.05, 4.69) is 5.32 Å². The number of benzene rings is 1. The Bertz CT molecular complexity index is 549. The maximum atomic E-state index is 13.4. The van der Waals surface area contributed by atoms with Crippen molar-refractivity contribution in [2.45, 2.75) is 18.9 Å². The van der Waals surface area contributed by atoms with Crippen LogP contribution in [0.3, 0.4) is 0 Å². The highest BCUT2D eigenvalue weighted by atomic mass is 19.1. The second-order valence-corrected chi connectivity index (χ2v) is 4.68. The van der Waals surface area contributed by atoms with Gasteiger partial charge in [-0.25, -0.2) is 4.39 Å². The molecule has 0 aromatic heterocycles. The predicted octanol–water partition coefficient (Wildman–Crippen LogP) is 1.09. The molecule has 126 valence electrons. The lowest BCUT2D eigenvalue weighted by molar-refractivity contribution is -0.112. The quantitative estimate of drug-likeness (QED) is 0.759. The van der Waals surface area contributed by atoms with Gasteiger partial charge in [0.1, 0.15) is 18.4 Å². The number of aldehydes is 3. The van der Waals surface area contributed by atoms with E-state index in [0.717, 1.165) is 11.0 Å². The van der Waals surface area contributed by atoms with Gasteiger partial charge in [0.2, 0.25) is 0 Å². The highest BCUT2D eigenvalue weighted by Gasteiger charge is 2.23. The Morgan fingerprint density at radius 2 is 1.91 bits per heavy atom. The number of halogens is 1. The lowest BCUT2D eigenvalue weighted by atomic mass is 10.0. The van der Waals surface area contributed by atoms with Gasteiger partial charge in [0.05, 0.1) is 17.2 Å². The standard InChI is InChI=1S/C14H14FNO4.C2H7N/c1-16(10(8-18)4-3-7-17)14(20)11-5-2-6-13(15)12(11)9-19;1-3-2/h2,5-10H,3-4H2,1H3;3H,1-2H3. The number of likely N-dealkylation sites (N-methyl/N-ethyl adjacent to an activating group) is 1. The van der Waals surface area contributed by atoms with Gasteiger partial charge in [-0.15, -0.1) is 0 Å². The predicted molar refractivity (Wildman–Crippen MR) is 84.0 cm³/mol. The van der Waals surface area contributed by atoms with Crippen LogP contribution in [0.4, 0.5) is 4.39 Å². The summed E-state index contributed by atoms with van der Waals surface area (Å²) in [5.74, 6) is -1.44. The van der Waals surface area contributed by atoms with E-state index < -0.39 is 17.8 Å². The minimum atomic E-state index is -0.796. The molecule has 0 spiro atoms. The molecule has 0 bridgehead atoms. The summed E-state index contributed by atoms with van der Waals surface area (Å²) in [6.07, 6.45) is 1.76. The van der Waals surface area contributed by atoms with Crippen LogP contribution in [0.2, 0.25) is 0 Å². The van der Waals surface area contributed by atoms with Crippen LogP contribution in [0.25, 0.3) is 0 Å². The van der Waals surface area contributed by atoms with E-state index in [0.29, 0.717) is 12.6 Å². The van der Waals surface area contributed by atoms with Crippen LogP contribution in [0.5, 0.6) is 0 Å². The summed E-state index contributed by atoms with van der Waals surface area (Å²) in [5.41, 5.74) is -0.454. The molecule has 0 aliphatic heterocycles. The Kier molecular flexibility index (Phi) is 10.0. The number of nitrogens with one attached hydrogen (secondary N) is 1. The van der Waals surface area contributed by atoms with Crippen LogP contribution in [0.1, 0.15) is 33.6 Å². The van der Waals surface area contributed by atoms with Crippen molar-refractivity contribution in [1.29, 1.82) is 0 Å². The number of hydrogen-bond acceptors (Lipinski definition) is 5. The van der Waals surface area contributed by atoms with E-state index in [9.17, 15) is 23.6 Å². The molecular weight excluding hydrogens is 303 g/mol. The van der Waals surface area contributed by atoms with E-state index in [4.69, 9.17) is 0 Å². The van der Waals surface area contributed by atoms with Crippen molar-refractivity contribution in [2.75, 3.05) is 21.1 Å². The van der Waals surface area contributed by atoms with Crippen molar-refractivity contribution in [3.8, 4) is 0 Å². The van der Waals surface area contributed by atoms with Gasteiger partial charge >= 0.3 is 0 Å². The Morgan fingerprint density at radius 3 is 2.39 bits per heavy atom. The number of amides is 1. The monoisotopic (exact) mass is 324 g/mol. The molecule has 0 aliphatic rings. The number of rotatable bonds is 7. The van der Waals surface area contributed by atoms with Crippen molar-refractivity contribution < 1.29 is 23.6 Å². The third-order valence-electron chi connectivity index (χ3n) is 2.96. The van der Waals surface area contributed by atoms with Crippen LogP contribution in [0.15, 0.2) is 18.2 Å².